The minimum atomic E-state index is -0.750. The van der Waals surface area contributed by atoms with Gasteiger partial charge in [0.05, 0.1) is 22.4 Å². The summed E-state index contributed by atoms with van der Waals surface area (Å²) in [5.74, 6) is -0.148. The number of aliphatic hydroxyl groups is 1. The highest BCUT2D eigenvalue weighted by Gasteiger charge is 2.29. The minimum absolute atomic E-state index is 0.148. The highest BCUT2D eigenvalue weighted by Crippen LogP contribution is 2.26. The molecule has 5 nitrogen and oxygen atoms in total. The third-order valence-corrected chi connectivity index (χ3v) is 4.44. The number of amides is 1. The molecule has 0 aromatic carbocycles. The molecule has 0 bridgehead atoms. The van der Waals surface area contributed by atoms with E-state index in [2.05, 4.69) is 31.2 Å². The number of rotatable bonds is 3. The van der Waals surface area contributed by atoms with Crippen molar-refractivity contribution in [3.63, 3.8) is 0 Å². The quantitative estimate of drug-likeness (QED) is 0.844. The van der Waals surface area contributed by atoms with Crippen molar-refractivity contribution in [3.05, 3.63) is 17.5 Å². The first-order chi connectivity index (χ1) is 10.2. The van der Waals surface area contributed by atoms with Crippen LogP contribution >= 0.6 is 0 Å². The van der Waals surface area contributed by atoms with Crippen molar-refractivity contribution >= 4 is 5.91 Å². The van der Waals surface area contributed by atoms with Gasteiger partial charge in [-0.25, -0.2) is 0 Å². The van der Waals surface area contributed by atoms with E-state index < -0.39 is 5.60 Å². The molecule has 22 heavy (non-hydrogen) atoms. The molecule has 1 aromatic rings. The van der Waals surface area contributed by atoms with Crippen LogP contribution in [-0.2, 0) is 5.54 Å². The van der Waals surface area contributed by atoms with Crippen LogP contribution < -0.4 is 5.32 Å². The number of hydrogen-bond acceptors (Lipinski definition) is 3. The topological polar surface area (TPSA) is 67.2 Å². The largest absolute Gasteiger partial charge is 0.388 e. The van der Waals surface area contributed by atoms with Crippen molar-refractivity contribution in [1.29, 1.82) is 0 Å². The Morgan fingerprint density at radius 1 is 1.32 bits per heavy atom. The highest BCUT2D eigenvalue weighted by molar-refractivity contribution is 5.95. The molecule has 1 fully saturated rings. The van der Waals surface area contributed by atoms with Crippen LogP contribution in [0.5, 0.6) is 0 Å². The van der Waals surface area contributed by atoms with Gasteiger partial charge < -0.3 is 10.4 Å². The molecular weight excluding hydrogens is 278 g/mol. The van der Waals surface area contributed by atoms with E-state index in [-0.39, 0.29) is 11.4 Å². The lowest BCUT2D eigenvalue weighted by atomic mass is 9.94. The van der Waals surface area contributed by atoms with E-state index in [0.717, 1.165) is 31.4 Å². The first kappa shape index (κ1) is 17.0. The van der Waals surface area contributed by atoms with Gasteiger partial charge in [0.25, 0.3) is 5.91 Å². The van der Waals surface area contributed by atoms with Crippen LogP contribution in [0.2, 0.25) is 0 Å². The molecule has 2 N–H and O–H groups in total. The average Bonchev–Trinajstić information content (AvgIpc) is 2.69. The maximum atomic E-state index is 12.4. The van der Waals surface area contributed by atoms with E-state index in [1.807, 2.05) is 11.6 Å². The Hall–Kier alpha value is -1.36. The lowest BCUT2D eigenvalue weighted by Gasteiger charge is -2.26. The van der Waals surface area contributed by atoms with Crippen molar-refractivity contribution in [2.24, 2.45) is 0 Å². The Morgan fingerprint density at radius 3 is 2.41 bits per heavy atom. The van der Waals surface area contributed by atoms with Gasteiger partial charge in [-0.15, -0.1) is 0 Å². The first-order valence-corrected chi connectivity index (χ1v) is 8.29. The number of aryl methyl sites for hydroxylation is 1. The van der Waals surface area contributed by atoms with Crippen LogP contribution in [0.3, 0.4) is 0 Å². The number of aromatic nitrogens is 2. The summed E-state index contributed by atoms with van der Waals surface area (Å²) in [5, 5.41) is 17.9. The zero-order valence-corrected chi connectivity index (χ0v) is 14.3. The molecule has 1 heterocycles. The average molecular weight is 307 g/mol. The van der Waals surface area contributed by atoms with Gasteiger partial charge in [-0.05, 0) is 40.5 Å². The first-order valence-electron chi connectivity index (χ1n) is 8.29. The predicted octanol–water partition coefficient (Wildman–Crippen LogP) is 2.76. The van der Waals surface area contributed by atoms with Gasteiger partial charge in [0.1, 0.15) is 0 Å². The number of nitrogens with one attached hydrogen (secondary N) is 1. The molecule has 0 atom stereocenters. The summed E-state index contributed by atoms with van der Waals surface area (Å²) in [4.78, 5) is 12.4. The van der Waals surface area contributed by atoms with Gasteiger partial charge in [-0.1, -0.05) is 25.7 Å². The Kier molecular flexibility index (Phi) is 4.95. The standard InChI is InChI=1S/C17H29N3O2/c1-13-14(11-20(19-13)16(2,3)4)15(21)18-12-17(22)9-7-5-6-8-10-17/h11,22H,5-10,12H2,1-4H3,(H,18,21). The van der Waals surface area contributed by atoms with Gasteiger partial charge in [0.2, 0.25) is 0 Å². The second-order valence-electron chi connectivity index (χ2n) is 7.56. The fourth-order valence-electron chi connectivity index (χ4n) is 2.93. The Labute approximate surface area is 133 Å². The van der Waals surface area contributed by atoms with Gasteiger partial charge in [0.15, 0.2) is 0 Å². The molecule has 0 aliphatic heterocycles. The molecule has 2 rings (SSSR count). The normalized spacial score (nSPS) is 18.8. The number of nitrogens with zero attached hydrogens (tertiary/aromatic N) is 2. The van der Waals surface area contributed by atoms with Gasteiger partial charge >= 0.3 is 0 Å². The van der Waals surface area contributed by atoms with Crippen molar-refractivity contribution in [3.8, 4) is 0 Å². The second kappa shape index (κ2) is 6.41. The molecule has 1 aliphatic carbocycles. The number of carbonyl (C=O) groups is 1. The number of carbonyl (C=O) groups excluding carboxylic acids is 1. The second-order valence-corrected chi connectivity index (χ2v) is 7.56. The molecule has 1 saturated carbocycles. The summed E-state index contributed by atoms with van der Waals surface area (Å²) in [6, 6.07) is 0. The molecule has 0 unspecified atom stereocenters. The van der Waals surface area contributed by atoms with Crippen molar-refractivity contribution in [1.82, 2.24) is 15.1 Å². The lowest BCUT2D eigenvalue weighted by molar-refractivity contribution is 0.0246. The summed E-state index contributed by atoms with van der Waals surface area (Å²) >= 11 is 0. The van der Waals surface area contributed by atoms with Gasteiger partial charge in [-0.2, -0.15) is 5.10 Å². The molecule has 0 radical (unpaired) electrons. The van der Waals surface area contributed by atoms with E-state index in [0.29, 0.717) is 12.1 Å². The fourth-order valence-corrected chi connectivity index (χ4v) is 2.93. The predicted molar refractivity (Wildman–Crippen MR) is 86.9 cm³/mol. The Bertz CT molecular complexity index is 520. The zero-order valence-electron chi connectivity index (χ0n) is 14.3. The SMILES string of the molecule is Cc1nn(C(C)(C)C)cc1C(=O)NCC1(O)CCCCCC1. The van der Waals surface area contributed by atoms with E-state index in [1.165, 1.54) is 12.8 Å². The van der Waals surface area contributed by atoms with Crippen molar-refractivity contribution in [2.75, 3.05) is 6.54 Å². The lowest BCUT2D eigenvalue weighted by Crippen LogP contribution is -2.42. The third kappa shape index (κ3) is 4.09. The highest BCUT2D eigenvalue weighted by atomic mass is 16.3. The van der Waals surface area contributed by atoms with Gasteiger partial charge in [-0.3, -0.25) is 9.48 Å². The summed E-state index contributed by atoms with van der Waals surface area (Å²) in [6.45, 7) is 8.32. The molecule has 5 heteroatoms. The molecule has 0 spiro atoms. The zero-order chi connectivity index (χ0) is 16.4. The summed E-state index contributed by atoms with van der Waals surface area (Å²) < 4.78 is 1.82. The van der Waals surface area contributed by atoms with Crippen LogP contribution in [0.1, 0.15) is 75.3 Å². The summed E-state index contributed by atoms with van der Waals surface area (Å²) in [6.07, 6.45) is 7.75. The molecule has 124 valence electrons. The minimum Gasteiger partial charge on any atom is -0.388 e. The summed E-state index contributed by atoms with van der Waals surface area (Å²) in [7, 11) is 0. The maximum Gasteiger partial charge on any atom is 0.254 e. The maximum absolute atomic E-state index is 12.4. The number of hydrogen-bond donors (Lipinski definition) is 2. The smallest absolute Gasteiger partial charge is 0.254 e. The third-order valence-electron chi connectivity index (χ3n) is 4.44. The van der Waals surface area contributed by atoms with Crippen LogP contribution in [0.25, 0.3) is 0 Å². The molecular formula is C17H29N3O2. The van der Waals surface area contributed by atoms with E-state index in [9.17, 15) is 9.90 Å². The van der Waals surface area contributed by atoms with E-state index in [4.69, 9.17) is 0 Å². The van der Waals surface area contributed by atoms with Crippen molar-refractivity contribution < 1.29 is 9.90 Å². The fraction of sp³-hybridized carbons (Fsp3) is 0.765. The monoisotopic (exact) mass is 307 g/mol. The Balaban J connectivity index is 2.02. The molecule has 1 amide bonds. The van der Waals surface area contributed by atoms with E-state index in [1.54, 1.807) is 6.20 Å². The van der Waals surface area contributed by atoms with Crippen LogP contribution in [0.4, 0.5) is 0 Å². The Morgan fingerprint density at radius 2 is 1.91 bits per heavy atom. The van der Waals surface area contributed by atoms with Crippen LogP contribution in [0, 0.1) is 6.92 Å². The molecule has 1 aromatic heterocycles. The van der Waals surface area contributed by atoms with Crippen molar-refractivity contribution in [2.45, 2.75) is 77.4 Å². The van der Waals surface area contributed by atoms with Crippen LogP contribution in [-0.4, -0.2) is 32.9 Å². The summed E-state index contributed by atoms with van der Waals surface area (Å²) in [5.41, 5.74) is 0.412. The van der Waals surface area contributed by atoms with Crippen LogP contribution in [0.15, 0.2) is 6.20 Å². The van der Waals surface area contributed by atoms with Gasteiger partial charge in [0, 0.05) is 12.7 Å². The molecule has 1 aliphatic rings. The molecule has 0 saturated heterocycles. The van der Waals surface area contributed by atoms with E-state index >= 15 is 0 Å².